The second kappa shape index (κ2) is 11.8. The van der Waals surface area contributed by atoms with E-state index in [4.69, 9.17) is 4.52 Å². The molecule has 0 radical (unpaired) electrons. The van der Waals surface area contributed by atoms with Gasteiger partial charge in [-0.15, -0.1) is 11.8 Å². The van der Waals surface area contributed by atoms with Crippen molar-refractivity contribution in [2.45, 2.75) is 36.8 Å². The molecule has 3 N–H and O–H groups in total. The molecule has 7 nitrogen and oxygen atoms in total. The summed E-state index contributed by atoms with van der Waals surface area (Å²) in [6, 6.07) is 12.3. The third-order valence-electron chi connectivity index (χ3n) is 5.24. The minimum atomic E-state index is -0.0863. The number of nitrogens with one attached hydrogen (secondary N) is 3. The van der Waals surface area contributed by atoms with Crippen LogP contribution in [0.3, 0.4) is 0 Å². The Labute approximate surface area is 181 Å². The molecule has 8 heteroatoms. The van der Waals surface area contributed by atoms with Gasteiger partial charge in [-0.05, 0) is 49.9 Å². The molecule has 1 fully saturated rings. The summed E-state index contributed by atoms with van der Waals surface area (Å²) >= 11 is 1.73. The molecule has 1 aliphatic rings. The Balaban J connectivity index is 1.46. The molecule has 0 bridgehead atoms. The Morgan fingerprint density at radius 1 is 1.20 bits per heavy atom. The van der Waals surface area contributed by atoms with E-state index in [2.05, 4.69) is 33.2 Å². The molecular weight excluding hydrogens is 400 g/mol. The molecule has 2 atom stereocenters. The van der Waals surface area contributed by atoms with Crippen molar-refractivity contribution in [2.75, 3.05) is 26.2 Å². The molecule has 2 heterocycles. The maximum Gasteiger partial charge on any atom is 0.220 e. The standard InChI is InChI=1S/C22H30N4O3S/c1-16(27)24-9-10-25-22(28)12-17-7-8-23-14-18(17)11-19-13-20(29-26-19)15-30-21-5-3-2-4-6-21/h2-6,13,17-18,23H,7-12,14-15H2,1H3,(H,24,27)(H,25,28)/t17-,18+/m1/s1. The molecule has 0 unspecified atom stereocenters. The van der Waals surface area contributed by atoms with Crippen LogP contribution in [0.15, 0.2) is 45.8 Å². The topological polar surface area (TPSA) is 96.3 Å². The summed E-state index contributed by atoms with van der Waals surface area (Å²) in [4.78, 5) is 24.4. The van der Waals surface area contributed by atoms with Crippen molar-refractivity contribution in [1.29, 1.82) is 0 Å². The molecule has 3 rings (SSSR count). The lowest BCUT2D eigenvalue weighted by Gasteiger charge is -2.31. The summed E-state index contributed by atoms with van der Waals surface area (Å²) in [5.41, 5.74) is 0.948. The summed E-state index contributed by atoms with van der Waals surface area (Å²) in [6.45, 7) is 4.19. The molecule has 0 spiro atoms. The van der Waals surface area contributed by atoms with E-state index in [1.54, 1.807) is 11.8 Å². The Bertz CT molecular complexity index is 812. The van der Waals surface area contributed by atoms with E-state index in [0.717, 1.165) is 43.1 Å². The number of hydrogen-bond donors (Lipinski definition) is 3. The van der Waals surface area contributed by atoms with Crippen LogP contribution in [-0.2, 0) is 21.8 Å². The fourth-order valence-electron chi connectivity index (χ4n) is 3.70. The van der Waals surface area contributed by atoms with Crippen molar-refractivity contribution in [3.05, 3.63) is 47.9 Å². The highest BCUT2D eigenvalue weighted by atomic mass is 32.2. The third kappa shape index (κ3) is 7.50. The highest BCUT2D eigenvalue weighted by Gasteiger charge is 2.28. The minimum Gasteiger partial charge on any atom is -0.360 e. The first-order chi connectivity index (χ1) is 14.6. The fraction of sp³-hybridized carbons (Fsp3) is 0.500. The lowest BCUT2D eigenvalue weighted by Crippen LogP contribution is -2.41. The molecule has 1 aromatic heterocycles. The Kier molecular flexibility index (Phi) is 8.77. The van der Waals surface area contributed by atoms with Crippen molar-refractivity contribution < 1.29 is 14.1 Å². The molecule has 1 aliphatic heterocycles. The van der Waals surface area contributed by atoms with Crippen LogP contribution in [0.1, 0.15) is 31.2 Å². The van der Waals surface area contributed by atoms with Crippen molar-refractivity contribution in [3.63, 3.8) is 0 Å². The molecule has 0 aliphatic carbocycles. The van der Waals surface area contributed by atoms with Gasteiger partial charge in [0.1, 0.15) is 5.76 Å². The van der Waals surface area contributed by atoms with Crippen LogP contribution in [-0.4, -0.2) is 43.2 Å². The number of thioether (sulfide) groups is 1. The number of nitrogens with zero attached hydrogens (tertiary/aromatic N) is 1. The third-order valence-corrected chi connectivity index (χ3v) is 6.27. The van der Waals surface area contributed by atoms with Crippen LogP contribution in [0.4, 0.5) is 0 Å². The Hall–Kier alpha value is -2.32. The zero-order valence-corrected chi connectivity index (χ0v) is 18.2. The maximum absolute atomic E-state index is 12.3. The number of aromatic nitrogens is 1. The van der Waals surface area contributed by atoms with Crippen LogP contribution in [0.5, 0.6) is 0 Å². The first-order valence-electron chi connectivity index (χ1n) is 10.4. The number of piperidine rings is 1. The molecule has 2 aromatic rings. The second-order valence-electron chi connectivity index (χ2n) is 7.64. The average molecular weight is 431 g/mol. The van der Waals surface area contributed by atoms with Gasteiger partial charge in [-0.25, -0.2) is 0 Å². The predicted molar refractivity (Wildman–Crippen MR) is 117 cm³/mol. The van der Waals surface area contributed by atoms with E-state index in [9.17, 15) is 9.59 Å². The summed E-state index contributed by atoms with van der Waals surface area (Å²) in [5.74, 6) is 2.23. The zero-order chi connectivity index (χ0) is 21.2. The van der Waals surface area contributed by atoms with Gasteiger partial charge < -0.3 is 20.5 Å². The van der Waals surface area contributed by atoms with Gasteiger partial charge in [-0.1, -0.05) is 23.4 Å². The Morgan fingerprint density at radius 3 is 2.80 bits per heavy atom. The maximum atomic E-state index is 12.3. The zero-order valence-electron chi connectivity index (χ0n) is 17.4. The van der Waals surface area contributed by atoms with Crippen LogP contribution >= 0.6 is 11.8 Å². The molecular formula is C22H30N4O3S. The number of benzene rings is 1. The van der Waals surface area contributed by atoms with Gasteiger partial charge in [0.15, 0.2) is 0 Å². The monoisotopic (exact) mass is 430 g/mol. The first-order valence-corrected chi connectivity index (χ1v) is 11.4. The van der Waals surface area contributed by atoms with E-state index in [0.29, 0.717) is 31.3 Å². The van der Waals surface area contributed by atoms with Gasteiger partial charge in [-0.2, -0.15) is 0 Å². The average Bonchev–Trinajstić information content (AvgIpc) is 3.19. The van der Waals surface area contributed by atoms with E-state index in [1.807, 2.05) is 24.3 Å². The van der Waals surface area contributed by atoms with Gasteiger partial charge in [0.2, 0.25) is 11.8 Å². The quantitative estimate of drug-likeness (QED) is 0.396. The predicted octanol–water partition coefficient (Wildman–Crippen LogP) is 2.38. The van der Waals surface area contributed by atoms with Crippen molar-refractivity contribution in [1.82, 2.24) is 21.1 Å². The summed E-state index contributed by atoms with van der Waals surface area (Å²) in [7, 11) is 0. The van der Waals surface area contributed by atoms with Crippen molar-refractivity contribution >= 4 is 23.6 Å². The number of hydrogen-bond acceptors (Lipinski definition) is 6. The number of amides is 2. The van der Waals surface area contributed by atoms with Gasteiger partial charge >= 0.3 is 0 Å². The van der Waals surface area contributed by atoms with Crippen LogP contribution in [0.2, 0.25) is 0 Å². The molecule has 30 heavy (non-hydrogen) atoms. The van der Waals surface area contributed by atoms with Crippen LogP contribution < -0.4 is 16.0 Å². The fourth-order valence-corrected chi connectivity index (χ4v) is 4.49. The van der Waals surface area contributed by atoms with Crippen molar-refractivity contribution in [3.8, 4) is 0 Å². The van der Waals surface area contributed by atoms with E-state index >= 15 is 0 Å². The number of carbonyl (C=O) groups excluding carboxylic acids is 2. The number of carbonyl (C=O) groups is 2. The molecule has 0 saturated carbocycles. The van der Waals surface area contributed by atoms with Crippen LogP contribution in [0.25, 0.3) is 0 Å². The van der Waals surface area contributed by atoms with E-state index in [1.165, 1.54) is 11.8 Å². The second-order valence-corrected chi connectivity index (χ2v) is 8.69. The summed E-state index contributed by atoms with van der Waals surface area (Å²) in [6.07, 6.45) is 2.27. The van der Waals surface area contributed by atoms with Gasteiger partial charge in [0, 0.05) is 37.4 Å². The van der Waals surface area contributed by atoms with Crippen LogP contribution in [0, 0.1) is 11.8 Å². The summed E-state index contributed by atoms with van der Waals surface area (Å²) in [5, 5.41) is 13.3. The highest BCUT2D eigenvalue weighted by Crippen LogP contribution is 2.27. The lowest BCUT2D eigenvalue weighted by atomic mass is 9.81. The minimum absolute atomic E-state index is 0.0392. The molecule has 162 valence electrons. The van der Waals surface area contributed by atoms with Crippen molar-refractivity contribution in [2.24, 2.45) is 11.8 Å². The largest absolute Gasteiger partial charge is 0.360 e. The van der Waals surface area contributed by atoms with E-state index < -0.39 is 0 Å². The molecule has 1 saturated heterocycles. The first kappa shape index (κ1) is 22.4. The lowest BCUT2D eigenvalue weighted by molar-refractivity contribution is -0.123. The number of rotatable bonds is 10. The van der Waals surface area contributed by atoms with Gasteiger partial charge in [0.25, 0.3) is 0 Å². The SMILES string of the molecule is CC(=O)NCCNC(=O)C[C@H]1CCNC[C@@H]1Cc1cc(CSc2ccccc2)on1. The molecule has 2 amide bonds. The van der Waals surface area contributed by atoms with Gasteiger partial charge in [-0.3, -0.25) is 9.59 Å². The smallest absolute Gasteiger partial charge is 0.220 e. The Morgan fingerprint density at radius 2 is 2.00 bits per heavy atom. The molecule has 1 aromatic carbocycles. The van der Waals surface area contributed by atoms with Gasteiger partial charge in [0.05, 0.1) is 11.4 Å². The van der Waals surface area contributed by atoms with E-state index in [-0.39, 0.29) is 11.8 Å². The highest BCUT2D eigenvalue weighted by molar-refractivity contribution is 7.98. The normalized spacial score (nSPS) is 18.7. The summed E-state index contributed by atoms with van der Waals surface area (Å²) < 4.78 is 5.52.